The molecule has 0 atom stereocenters. The Labute approximate surface area is 161 Å². The van der Waals surface area contributed by atoms with Gasteiger partial charge in [-0.05, 0) is 37.3 Å². The molecule has 0 saturated carbocycles. The number of halogens is 1. The Kier molecular flexibility index (Phi) is 5.95. The summed E-state index contributed by atoms with van der Waals surface area (Å²) in [6.45, 7) is 2.09. The number of hydroxylamine groups is 1. The zero-order valence-electron chi connectivity index (χ0n) is 14.6. The third kappa shape index (κ3) is 4.58. The van der Waals surface area contributed by atoms with Gasteiger partial charge in [-0.2, -0.15) is 5.06 Å². The van der Waals surface area contributed by atoms with Crippen LogP contribution in [0.1, 0.15) is 12.5 Å². The van der Waals surface area contributed by atoms with Crippen LogP contribution in [0.5, 0.6) is 5.88 Å². The summed E-state index contributed by atoms with van der Waals surface area (Å²) in [5, 5.41) is 15.2. The molecule has 1 N–H and O–H groups in total. The number of para-hydroxylation sites is 1. The van der Waals surface area contributed by atoms with Crippen LogP contribution in [0.15, 0.2) is 60.8 Å². The number of rotatable bonds is 7. The van der Waals surface area contributed by atoms with E-state index in [1.54, 1.807) is 60.3 Å². The van der Waals surface area contributed by atoms with Crippen molar-refractivity contribution in [2.24, 2.45) is 0 Å². The predicted octanol–water partition coefficient (Wildman–Crippen LogP) is 4.54. The molecule has 0 fully saturated rings. The highest BCUT2D eigenvalue weighted by Crippen LogP contribution is 2.23. The van der Waals surface area contributed by atoms with Crippen LogP contribution >= 0.6 is 11.6 Å². The first-order chi connectivity index (χ1) is 13.1. The van der Waals surface area contributed by atoms with Crippen molar-refractivity contribution in [3.8, 4) is 11.6 Å². The molecule has 27 heavy (non-hydrogen) atoms. The minimum absolute atomic E-state index is 0.144. The van der Waals surface area contributed by atoms with Crippen molar-refractivity contribution in [1.82, 2.24) is 9.78 Å². The van der Waals surface area contributed by atoms with Crippen LogP contribution in [0, 0.1) is 0 Å². The minimum Gasteiger partial charge on any atom is -0.472 e. The SMILES string of the molecule is CCON(C(=O)O)c1ccccc1COc1ccn(-c2ccc(Cl)cc2)n1. The molecule has 0 bridgehead atoms. The molecular formula is C19H18ClN3O4. The molecule has 0 radical (unpaired) electrons. The number of aromatic nitrogens is 2. The normalized spacial score (nSPS) is 10.6. The van der Waals surface area contributed by atoms with E-state index < -0.39 is 6.09 Å². The van der Waals surface area contributed by atoms with Crippen molar-refractivity contribution >= 4 is 23.4 Å². The quantitative estimate of drug-likeness (QED) is 0.602. The molecule has 1 heterocycles. The molecule has 0 aliphatic rings. The third-order valence-corrected chi connectivity index (χ3v) is 3.93. The zero-order chi connectivity index (χ0) is 19.2. The summed E-state index contributed by atoms with van der Waals surface area (Å²) >= 11 is 5.90. The van der Waals surface area contributed by atoms with Crippen molar-refractivity contribution in [3.05, 3.63) is 71.4 Å². The Morgan fingerprint density at radius 2 is 1.93 bits per heavy atom. The number of hydrogen-bond donors (Lipinski definition) is 1. The van der Waals surface area contributed by atoms with Crippen LogP contribution in [0.25, 0.3) is 5.69 Å². The largest absolute Gasteiger partial charge is 0.472 e. The topological polar surface area (TPSA) is 76.8 Å². The van der Waals surface area contributed by atoms with E-state index in [4.69, 9.17) is 21.2 Å². The summed E-state index contributed by atoms with van der Waals surface area (Å²) in [5.74, 6) is 0.415. The Bertz CT molecular complexity index is 911. The number of anilines is 1. The van der Waals surface area contributed by atoms with Crippen molar-refractivity contribution < 1.29 is 19.5 Å². The van der Waals surface area contributed by atoms with E-state index >= 15 is 0 Å². The van der Waals surface area contributed by atoms with Gasteiger partial charge in [0.1, 0.15) is 6.61 Å². The number of nitrogens with zero attached hydrogens (tertiary/aromatic N) is 3. The molecule has 0 aliphatic heterocycles. The molecule has 140 valence electrons. The highest BCUT2D eigenvalue weighted by Gasteiger charge is 2.18. The minimum atomic E-state index is -1.20. The molecule has 0 aliphatic carbocycles. The molecule has 0 spiro atoms. The average Bonchev–Trinajstić information content (AvgIpc) is 3.14. The van der Waals surface area contributed by atoms with Crippen LogP contribution in [-0.2, 0) is 11.4 Å². The van der Waals surface area contributed by atoms with Gasteiger partial charge in [0.05, 0.1) is 18.0 Å². The van der Waals surface area contributed by atoms with Gasteiger partial charge in [-0.1, -0.05) is 29.8 Å². The second kappa shape index (κ2) is 8.57. The number of carboxylic acid groups (broad SMARTS) is 1. The highest BCUT2D eigenvalue weighted by molar-refractivity contribution is 6.30. The Morgan fingerprint density at radius 3 is 2.63 bits per heavy atom. The number of hydrogen-bond acceptors (Lipinski definition) is 4. The molecule has 3 rings (SSSR count). The summed E-state index contributed by atoms with van der Waals surface area (Å²) in [7, 11) is 0. The molecular weight excluding hydrogens is 370 g/mol. The van der Waals surface area contributed by atoms with E-state index in [1.165, 1.54) is 0 Å². The monoisotopic (exact) mass is 387 g/mol. The van der Waals surface area contributed by atoms with E-state index in [2.05, 4.69) is 5.10 Å². The van der Waals surface area contributed by atoms with Crippen molar-refractivity contribution in [2.45, 2.75) is 13.5 Å². The molecule has 1 amide bonds. The predicted molar refractivity (Wildman–Crippen MR) is 101 cm³/mol. The lowest BCUT2D eigenvalue weighted by Gasteiger charge is -2.20. The average molecular weight is 388 g/mol. The van der Waals surface area contributed by atoms with E-state index in [9.17, 15) is 9.90 Å². The van der Waals surface area contributed by atoms with Gasteiger partial charge >= 0.3 is 6.09 Å². The van der Waals surface area contributed by atoms with Gasteiger partial charge in [0.25, 0.3) is 0 Å². The van der Waals surface area contributed by atoms with Crippen LogP contribution in [0.3, 0.4) is 0 Å². The Hall–Kier alpha value is -3.03. The third-order valence-electron chi connectivity index (χ3n) is 3.67. The number of ether oxygens (including phenoxy) is 1. The summed E-state index contributed by atoms with van der Waals surface area (Å²) in [6.07, 6.45) is 0.574. The van der Waals surface area contributed by atoms with Crippen LogP contribution in [0.4, 0.5) is 10.5 Å². The fourth-order valence-electron chi connectivity index (χ4n) is 2.46. The zero-order valence-corrected chi connectivity index (χ0v) is 15.3. The van der Waals surface area contributed by atoms with Crippen molar-refractivity contribution in [1.29, 1.82) is 0 Å². The maximum Gasteiger partial charge on any atom is 0.436 e. The van der Waals surface area contributed by atoms with E-state index in [-0.39, 0.29) is 13.2 Å². The summed E-state index contributed by atoms with van der Waals surface area (Å²) in [6, 6.07) is 16.0. The molecule has 7 nitrogen and oxygen atoms in total. The number of amides is 1. The first kappa shape index (κ1) is 18.8. The fraction of sp³-hybridized carbons (Fsp3) is 0.158. The lowest BCUT2D eigenvalue weighted by Crippen LogP contribution is -2.30. The standard InChI is InChI=1S/C19H18ClN3O4/c1-2-27-23(19(24)25)17-6-4-3-5-14(17)13-26-18-11-12-22(21-18)16-9-7-15(20)8-10-16/h3-12H,2,13H2,1H3,(H,24,25). The van der Waals surface area contributed by atoms with Crippen LogP contribution in [-0.4, -0.2) is 27.6 Å². The fourth-order valence-corrected chi connectivity index (χ4v) is 2.59. The Balaban J connectivity index is 1.74. The smallest absolute Gasteiger partial charge is 0.436 e. The summed E-state index contributed by atoms with van der Waals surface area (Å²) in [4.78, 5) is 16.6. The van der Waals surface area contributed by atoms with Crippen LogP contribution < -0.4 is 9.80 Å². The van der Waals surface area contributed by atoms with Gasteiger partial charge < -0.3 is 9.84 Å². The van der Waals surface area contributed by atoms with Crippen LogP contribution in [0.2, 0.25) is 5.02 Å². The van der Waals surface area contributed by atoms with Gasteiger partial charge in [0.15, 0.2) is 0 Å². The molecule has 3 aromatic rings. The van der Waals surface area contributed by atoms with Gasteiger partial charge in [-0.15, -0.1) is 5.10 Å². The first-order valence-electron chi connectivity index (χ1n) is 8.26. The lowest BCUT2D eigenvalue weighted by atomic mass is 10.2. The molecule has 1 aromatic heterocycles. The maximum absolute atomic E-state index is 11.4. The maximum atomic E-state index is 11.4. The molecule has 0 saturated heterocycles. The van der Waals surface area contributed by atoms with E-state index in [0.717, 1.165) is 10.8 Å². The van der Waals surface area contributed by atoms with E-state index in [0.29, 0.717) is 22.2 Å². The molecule has 0 unspecified atom stereocenters. The highest BCUT2D eigenvalue weighted by atomic mass is 35.5. The van der Waals surface area contributed by atoms with E-state index in [1.807, 2.05) is 12.1 Å². The second-order valence-electron chi connectivity index (χ2n) is 5.49. The molecule has 8 heteroatoms. The summed E-state index contributed by atoms with van der Waals surface area (Å²) < 4.78 is 7.40. The second-order valence-corrected chi connectivity index (χ2v) is 5.92. The van der Waals surface area contributed by atoms with Gasteiger partial charge in [0, 0.05) is 22.8 Å². The number of carbonyl (C=O) groups is 1. The lowest BCUT2D eigenvalue weighted by molar-refractivity contribution is 0.102. The Morgan fingerprint density at radius 1 is 1.19 bits per heavy atom. The number of benzene rings is 2. The van der Waals surface area contributed by atoms with Gasteiger partial charge in [0.2, 0.25) is 5.88 Å². The van der Waals surface area contributed by atoms with Crippen molar-refractivity contribution in [2.75, 3.05) is 11.7 Å². The van der Waals surface area contributed by atoms with Gasteiger partial charge in [-0.3, -0.25) is 4.84 Å². The molecule has 2 aromatic carbocycles. The first-order valence-corrected chi connectivity index (χ1v) is 8.64. The van der Waals surface area contributed by atoms with Gasteiger partial charge in [-0.25, -0.2) is 9.48 Å². The van der Waals surface area contributed by atoms with Crippen molar-refractivity contribution in [3.63, 3.8) is 0 Å². The summed E-state index contributed by atoms with van der Waals surface area (Å²) in [5.41, 5.74) is 1.92.